The molecule has 2 aromatic carbocycles. The molecule has 3 atom stereocenters. The zero-order valence-corrected chi connectivity index (χ0v) is 17.9. The molecule has 0 radical (unpaired) electrons. The van der Waals surface area contributed by atoms with E-state index in [1.165, 1.54) is 0 Å². The van der Waals surface area contributed by atoms with Crippen LogP contribution < -0.4 is 10.6 Å². The molecule has 0 fully saturated rings. The van der Waals surface area contributed by atoms with Crippen molar-refractivity contribution in [1.29, 1.82) is 0 Å². The first-order chi connectivity index (χ1) is 15.9. The zero-order valence-electron chi connectivity index (χ0n) is 17.9. The molecular weight excluding hydrogens is 424 g/mol. The van der Waals surface area contributed by atoms with Gasteiger partial charge in [-0.05, 0) is 35.1 Å². The minimum atomic E-state index is -1.65. The van der Waals surface area contributed by atoms with Gasteiger partial charge in [-0.3, -0.25) is 4.79 Å². The van der Waals surface area contributed by atoms with Gasteiger partial charge in [0.2, 0.25) is 5.91 Å². The summed E-state index contributed by atoms with van der Waals surface area (Å²) in [5, 5.41) is 23.3. The predicted octanol–water partition coefficient (Wildman–Crippen LogP) is 2.42. The van der Waals surface area contributed by atoms with E-state index < -0.39 is 24.1 Å². The lowest BCUT2D eigenvalue weighted by Gasteiger charge is -2.25. The van der Waals surface area contributed by atoms with Crippen molar-refractivity contribution in [1.82, 2.24) is 10.6 Å². The van der Waals surface area contributed by atoms with E-state index in [1.807, 2.05) is 30.3 Å². The number of hydrogen-bond acceptors (Lipinski definition) is 5. The number of alkyl carbamates (subject to hydrolysis) is 1. The van der Waals surface area contributed by atoms with Crippen molar-refractivity contribution in [3.05, 3.63) is 71.8 Å². The van der Waals surface area contributed by atoms with E-state index in [1.54, 1.807) is 6.08 Å². The van der Waals surface area contributed by atoms with Gasteiger partial charge >= 0.3 is 12.1 Å². The first-order valence-corrected chi connectivity index (χ1v) is 10.9. The predicted molar refractivity (Wildman–Crippen MR) is 121 cm³/mol. The number of carbonyl (C=O) groups is 3. The summed E-state index contributed by atoms with van der Waals surface area (Å²) in [7, 11) is 0. The summed E-state index contributed by atoms with van der Waals surface area (Å²) < 4.78 is 5.56. The van der Waals surface area contributed by atoms with Crippen LogP contribution in [-0.2, 0) is 14.3 Å². The Hall–Kier alpha value is -3.65. The van der Waals surface area contributed by atoms with E-state index in [0.717, 1.165) is 22.3 Å². The van der Waals surface area contributed by atoms with Crippen LogP contribution >= 0.6 is 0 Å². The number of carboxylic acids is 1. The Morgan fingerprint density at radius 2 is 1.67 bits per heavy atom. The van der Waals surface area contributed by atoms with Gasteiger partial charge in [0.25, 0.3) is 0 Å². The van der Waals surface area contributed by atoms with Gasteiger partial charge in [0.1, 0.15) is 6.61 Å². The minimum absolute atomic E-state index is 0.0377. The van der Waals surface area contributed by atoms with Crippen molar-refractivity contribution in [2.75, 3.05) is 13.2 Å². The van der Waals surface area contributed by atoms with E-state index in [2.05, 4.69) is 34.9 Å². The molecule has 4 N–H and O–H groups in total. The molecule has 0 aliphatic heterocycles. The van der Waals surface area contributed by atoms with Gasteiger partial charge in [0.15, 0.2) is 6.10 Å². The molecule has 2 aliphatic rings. The highest BCUT2D eigenvalue weighted by Gasteiger charge is 2.30. The summed E-state index contributed by atoms with van der Waals surface area (Å²) in [6, 6.07) is 15.8. The largest absolute Gasteiger partial charge is 0.479 e. The highest BCUT2D eigenvalue weighted by molar-refractivity contribution is 5.81. The van der Waals surface area contributed by atoms with Gasteiger partial charge in [-0.15, -0.1) is 0 Å². The number of nitrogens with one attached hydrogen (secondary N) is 2. The van der Waals surface area contributed by atoms with Gasteiger partial charge in [0.05, 0.1) is 12.6 Å². The Morgan fingerprint density at radius 3 is 2.30 bits per heavy atom. The normalized spacial score (nSPS) is 19.8. The van der Waals surface area contributed by atoms with E-state index in [9.17, 15) is 19.5 Å². The van der Waals surface area contributed by atoms with Gasteiger partial charge in [-0.1, -0.05) is 60.7 Å². The number of allylic oxidation sites excluding steroid dienone is 1. The first-order valence-electron chi connectivity index (χ1n) is 10.9. The van der Waals surface area contributed by atoms with Gasteiger partial charge < -0.3 is 25.6 Å². The van der Waals surface area contributed by atoms with Crippen molar-refractivity contribution in [2.24, 2.45) is 5.92 Å². The molecule has 33 heavy (non-hydrogen) atoms. The van der Waals surface area contributed by atoms with Gasteiger partial charge in [-0.25, -0.2) is 9.59 Å². The number of amides is 2. The van der Waals surface area contributed by atoms with Gasteiger partial charge in [-0.2, -0.15) is 0 Å². The average molecular weight is 450 g/mol. The quantitative estimate of drug-likeness (QED) is 0.480. The van der Waals surface area contributed by atoms with Crippen LogP contribution in [0.5, 0.6) is 0 Å². The van der Waals surface area contributed by atoms with Crippen molar-refractivity contribution in [3.8, 4) is 11.1 Å². The third-order valence-corrected chi connectivity index (χ3v) is 6.10. The number of carbonyl (C=O) groups excluding carboxylic acids is 2. The molecule has 2 aromatic rings. The molecule has 8 heteroatoms. The third kappa shape index (κ3) is 5.06. The second-order valence-corrected chi connectivity index (χ2v) is 8.27. The molecule has 0 aromatic heterocycles. The summed E-state index contributed by atoms with van der Waals surface area (Å²) in [5.41, 5.74) is 4.56. The van der Waals surface area contributed by atoms with E-state index in [0.29, 0.717) is 12.8 Å². The Kier molecular flexibility index (Phi) is 6.74. The Balaban J connectivity index is 1.31. The number of fused-ring (bicyclic) bond motifs is 3. The lowest BCUT2D eigenvalue weighted by atomic mass is 9.90. The summed E-state index contributed by atoms with van der Waals surface area (Å²) in [4.78, 5) is 35.5. The fourth-order valence-corrected chi connectivity index (χ4v) is 4.43. The highest BCUT2D eigenvalue weighted by Crippen LogP contribution is 2.44. The number of hydrogen-bond donors (Lipinski definition) is 4. The Morgan fingerprint density at radius 1 is 1.03 bits per heavy atom. The smallest absolute Gasteiger partial charge is 0.407 e. The van der Waals surface area contributed by atoms with E-state index in [4.69, 9.17) is 9.84 Å². The molecule has 0 heterocycles. The number of aliphatic carboxylic acids is 1. The molecule has 0 bridgehead atoms. The maximum atomic E-state index is 12.5. The summed E-state index contributed by atoms with van der Waals surface area (Å²) >= 11 is 0. The van der Waals surface area contributed by atoms with Crippen LogP contribution in [0.1, 0.15) is 29.9 Å². The second kappa shape index (κ2) is 9.87. The maximum Gasteiger partial charge on any atom is 0.407 e. The molecule has 0 saturated heterocycles. The molecule has 4 rings (SSSR count). The molecule has 2 amide bonds. The minimum Gasteiger partial charge on any atom is -0.479 e. The van der Waals surface area contributed by atoms with Crippen LogP contribution in [0.4, 0.5) is 4.79 Å². The molecule has 0 spiro atoms. The van der Waals surface area contributed by atoms with Crippen molar-refractivity contribution in [3.63, 3.8) is 0 Å². The summed E-state index contributed by atoms with van der Waals surface area (Å²) in [5.74, 6) is -2.23. The highest BCUT2D eigenvalue weighted by atomic mass is 16.5. The topological polar surface area (TPSA) is 125 Å². The van der Waals surface area contributed by atoms with Crippen LogP contribution in [0, 0.1) is 5.92 Å². The third-order valence-electron chi connectivity index (χ3n) is 6.10. The Labute approximate surface area is 191 Å². The van der Waals surface area contributed by atoms with Gasteiger partial charge in [0, 0.05) is 11.8 Å². The monoisotopic (exact) mass is 450 g/mol. The Bertz CT molecular complexity index is 1040. The average Bonchev–Trinajstić information content (AvgIpc) is 3.15. The maximum absolute atomic E-state index is 12.5. The van der Waals surface area contributed by atoms with Crippen LogP contribution in [-0.4, -0.2) is 53.5 Å². The van der Waals surface area contributed by atoms with Crippen LogP contribution in [0.3, 0.4) is 0 Å². The molecule has 2 unspecified atom stereocenters. The summed E-state index contributed by atoms with van der Waals surface area (Å²) in [6.45, 7) is -0.161. The van der Waals surface area contributed by atoms with Crippen LogP contribution in [0.2, 0.25) is 0 Å². The standard InChI is InChI=1S/C25H26N2O6/c28-22(24(30)31)13-26-23(29)15-6-5-7-16(12-15)27-25(32)33-14-21-19-10-3-1-8-17(19)18-9-2-4-11-20(18)21/h1-5,7-11,15-16,21-22,28H,6,12-14H2,(H,26,29)(H,27,32)(H,30,31)/t15?,16?,22-/m0/s1. The number of aliphatic hydroxyl groups excluding tert-OH is 1. The molecular formula is C25H26N2O6. The number of carboxylic acid groups (broad SMARTS) is 1. The van der Waals surface area contributed by atoms with Crippen molar-refractivity contribution in [2.45, 2.75) is 30.9 Å². The number of rotatable bonds is 7. The van der Waals surface area contributed by atoms with Crippen LogP contribution in [0.25, 0.3) is 11.1 Å². The second-order valence-electron chi connectivity index (χ2n) is 8.27. The van der Waals surface area contributed by atoms with Crippen molar-refractivity contribution >= 4 is 18.0 Å². The molecule has 8 nitrogen and oxygen atoms in total. The van der Waals surface area contributed by atoms with Crippen LogP contribution in [0.15, 0.2) is 60.7 Å². The number of aliphatic hydroxyl groups is 1. The lowest BCUT2D eigenvalue weighted by Crippen LogP contribution is -2.43. The number of benzene rings is 2. The van der Waals surface area contributed by atoms with Crippen molar-refractivity contribution < 1.29 is 29.3 Å². The first kappa shape index (κ1) is 22.5. The fourth-order valence-electron chi connectivity index (χ4n) is 4.43. The zero-order chi connectivity index (χ0) is 23.4. The fraction of sp³-hybridized carbons (Fsp3) is 0.320. The molecule has 2 aliphatic carbocycles. The SMILES string of the molecule is O=C(NC1C=CCC(C(=O)NC[C@H](O)C(=O)O)C1)OCC1c2ccccc2-c2ccccc21. The molecule has 0 saturated carbocycles. The number of ether oxygens (including phenoxy) is 1. The lowest BCUT2D eigenvalue weighted by molar-refractivity contribution is -0.146. The van der Waals surface area contributed by atoms with E-state index in [-0.39, 0.29) is 31.0 Å². The molecule has 172 valence electrons. The summed E-state index contributed by atoms with van der Waals surface area (Å²) in [6.07, 6.45) is 2.23. The van der Waals surface area contributed by atoms with E-state index >= 15 is 0 Å².